The molecule has 0 radical (unpaired) electrons. The zero-order valence-electron chi connectivity index (χ0n) is 30.0. The van der Waals surface area contributed by atoms with E-state index in [9.17, 15) is 0 Å². The van der Waals surface area contributed by atoms with E-state index in [1.54, 1.807) is 0 Å². The molecule has 0 saturated carbocycles. The number of fused-ring (bicyclic) bond motifs is 12. The van der Waals surface area contributed by atoms with Crippen LogP contribution >= 0.6 is 0 Å². The maximum Gasteiger partial charge on any atom is 0.164 e. The molecule has 0 bridgehead atoms. The first-order valence-electron chi connectivity index (χ1n) is 18.9. The van der Waals surface area contributed by atoms with Gasteiger partial charge in [0.15, 0.2) is 17.5 Å². The number of rotatable bonds is 4. The molecule has 3 aromatic heterocycles. The first kappa shape index (κ1) is 30.8. The molecule has 0 aliphatic rings. The molecule has 56 heavy (non-hydrogen) atoms. The minimum Gasteiger partial charge on any atom is -0.456 e. The van der Waals surface area contributed by atoms with Crippen LogP contribution in [0.4, 0.5) is 0 Å². The van der Waals surface area contributed by atoms with E-state index in [1.807, 2.05) is 30.3 Å². The number of hydrogen-bond donors (Lipinski definition) is 0. The van der Waals surface area contributed by atoms with Crippen LogP contribution in [-0.4, -0.2) is 19.5 Å². The van der Waals surface area contributed by atoms with Crippen molar-refractivity contribution in [2.75, 3.05) is 0 Å². The summed E-state index contributed by atoms with van der Waals surface area (Å²) in [5, 5.41) is 11.7. The minimum absolute atomic E-state index is 0.592. The van der Waals surface area contributed by atoms with Gasteiger partial charge in [-0.05, 0) is 74.8 Å². The van der Waals surface area contributed by atoms with Crippen molar-refractivity contribution >= 4 is 76.1 Å². The largest absolute Gasteiger partial charge is 0.456 e. The number of benzene rings is 9. The summed E-state index contributed by atoms with van der Waals surface area (Å²) in [7, 11) is 0. The third-order valence-corrected chi connectivity index (χ3v) is 11.2. The fourth-order valence-electron chi connectivity index (χ4n) is 8.73. The van der Waals surface area contributed by atoms with Crippen LogP contribution in [0.2, 0.25) is 0 Å². The van der Waals surface area contributed by atoms with Crippen molar-refractivity contribution in [3.05, 3.63) is 182 Å². The lowest BCUT2D eigenvalue weighted by molar-refractivity contribution is 0.669. The average molecular weight is 715 g/mol. The van der Waals surface area contributed by atoms with Gasteiger partial charge >= 0.3 is 0 Å². The molecule has 0 aliphatic carbocycles. The highest BCUT2D eigenvalue weighted by Crippen LogP contribution is 2.40. The van der Waals surface area contributed by atoms with Gasteiger partial charge in [0, 0.05) is 43.9 Å². The molecule has 5 nitrogen and oxygen atoms in total. The lowest BCUT2D eigenvalue weighted by atomic mass is 9.93. The van der Waals surface area contributed by atoms with Crippen molar-refractivity contribution in [2.45, 2.75) is 0 Å². The van der Waals surface area contributed by atoms with E-state index in [0.717, 1.165) is 60.7 Å². The van der Waals surface area contributed by atoms with E-state index in [0.29, 0.717) is 17.5 Å². The zero-order chi connectivity index (χ0) is 36.7. The summed E-state index contributed by atoms with van der Waals surface area (Å²) in [6.07, 6.45) is 0. The second kappa shape index (κ2) is 11.9. The summed E-state index contributed by atoms with van der Waals surface area (Å²) in [6.45, 7) is 0. The van der Waals surface area contributed by atoms with Crippen LogP contribution in [-0.2, 0) is 0 Å². The van der Waals surface area contributed by atoms with Crippen molar-refractivity contribution in [2.24, 2.45) is 0 Å². The van der Waals surface area contributed by atoms with Gasteiger partial charge in [-0.3, -0.25) is 0 Å². The zero-order valence-corrected chi connectivity index (χ0v) is 30.0. The predicted octanol–water partition coefficient (Wildman–Crippen LogP) is 13.3. The number of nitrogens with zero attached hydrogens (tertiary/aromatic N) is 4. The summed E-state index contributed by atoms with van der Waals surface area (Å²) < 4.78 is 8.65. The fraction of sp³-hybridized carbons (Fsp3) is 0. The van der Waals surface area contributed by atoms with Crippen LogP contribution in [0.15, 0.2) is 186 Å². The molecular weight excluding hydrogens is 685 g/mol. The maximum absolute atomic E-state index is 6.33. The Morgan fingerprint density at radius 3 is 1.59 bits per heavy atom. The molecule has 0 fully saturated rings. The van der Waals surface area contributed by atoms with Crippen molar-refractivity contribution < 1.29 is 4.42 Å². The second-order valence-electron chi connectivity index (χ2n) is 14.4. The van der Waals surface area contributed by atoms with Gasteiger partial charge in [-0.1, -0.05) is 140 Å². The number of para-hydroxylation sites is 3. The second-order valence-corrected chi connectivity index (χ2v) is 14.4. The lowest BCUT2D eigenvalue weighted by Crippen LogP contribution is -2.01. The smallest absolute Gasteiger partial charge is 0.164 e. The topological polar surface area (TPSA) is 56.7 Å². The number of aromatic nitrogens is 4. The molecule has 9 aromatic carbocycles. The van der Waals surface area contributed by atoms with Gasteiger partial charge < -0.3 is 8.98 Å². The van der Waals surface area contributed by atoms with Crippen molar-refractivity contribution in [1.82, 2.24) is 19.5 Å². The van der Waals surface area contributed by atoms with Crippen LogP contribution in [0.1, 0.15) is 0 Å². The Bertz CT molecular complexity index is 3510. The highest BCUT2D eigenvalue weighted by Gasteiger charge is 2.20. The number of hydrogen-bond acceptors (Lipinski definition) is 4. The SMILES string of the molecule is c1ccc(-n2c3ccccc3c3ccc(-c4nc(-c5ccc6c7ccccc7c7ccccc7c6c5)nc(-c5cccc6oc7ccccc7c56)n4)cc32)cc1. The van der Waals surface area contributed by atoms with E-state index in [4.69, 9.17) is 19.4 Å². The van der Waals surface area contributed by atoms with Crippen LogP contribution in [0.5, 0.6) is 0 Å². The third kappa shape index (κ3) is 4.58. The quantitative estimate of drug-likeness (QED) is 0.170. The van der Waals surface area contributed by atoms with Gasteiger partial charge in [0.1, 0.15) is 11.2 Å². The summed E-state index contributed by atoms with van der Waals surface area (Å²) >= 11 is 0. The molecule has 12 rings (SSSR count). The number of furan rings is 1. The Morgan fingerprint density at radius 2 is 0.857 bits per heavy atom. The van der Waals surface area contributed by atoms with E-state index < -0.39 is 0 Å². The Kier molecular flexibility index (Phi) is 6.56. The average Bonchev–Trinajstić information content (AvgIpc) is 3.82. The molecule has 0 atom stereocenters. The van der Waals surface area contributed by atoms with Crippen LogP contribution in [0.25, 0.3) is 116 Å². The van der Waals surface area contributed by atoms with E-state index in [1.165, 1.54) is 37.7 Å². The Hall–Kier alpha value is -7.63. The first-order chi connectivity index (χ1) is 27.8. The van der Waals surface area contributed by atoms with Crippen LogP contribution in [0.3, 0.4) is 0 Å². The van der Waals surface area contributed by atoms with Crippen molar-refractivity contribution in [3.63, 3.8) is 0 Å². The summed E-state index contributed by atoms with van der Waals surface area (Å²) in [5.41, 5.74) is 7.69. The summed E-state index contributed by atoms with van der Waals surface area (Å²) in [5.74, 6) is 1.80. The molecule has 0 saturated heterocycles. The Morgan fingerprint density at radius 1 is 0.339 bits per heavy atom. The Labute approximate surface area is 320 Å². The van der Waals surface area contributed by atoms with E-state index >= 15 is 0 Å². The van der Waals surface area contributed by atoms with Crippen molar-refractivity contribution in [3.8, 4) is 39.9 Å². The molecule has 0 unspecified atom stereocenters. The van der Waals surface area contributed by atoms with Crippen LogP contribution in [0, 0.1) is 0 Å². The van der Waals surface area contributed by atoms with Crippen LogP contribution < -0.4 is 0 Å². The molecule has 12 aromatic rings. The summed E-state index contributed by atoms with van der Waals surface area (Å²) in [4.78, 5) is 15.8. The molecule has 0 spiro atoms. The van der Waals surface area contributed by atoms with Gasteiger partial charge in [0.05, 0.1) is 11.0 Å². The maximum atomic E-state index is 6.33. The molecular formula is C51H30N4O. The van der Waals surface area contributed by atoms with E-state index in [2.05, 4.69) is 156 Å². The molecule has 3 heterocycles. The highest BCUT2D eigenvalue weighted by atomic mass is 16.3. The molecule has 0 aliphatic heterocycles. The summed E-state index contributed by atoms with van der Waals surface area (Å²) in [6, 6.07) is 63.9. The minimum atomic E-state index is 0.592. The normalized spacial score (nSPS) is 11.9. The standard InChI is InChI=1S/C51H30N4O/c1-2-13-33(14-3-1)55-44-22-10-8-19-39(44)40-28-26-32(30-45(40)55)50-52-49(53-51(54-50)42-21-12-24-47-48(42)41-20-9-11-23-46(41)56-47)31-25-27-38-36-17-5-4-15-34(36)35-16-6-7-18-37(35)43(38)29-31/h1-30H. The predicted molar refractivity (Wildman–Crippen MR) is 230 cm³/mol. The fourth-order valence-corrected chi connectivity index (χ4v) is 8.73. The van der Waals surface area contributed by atoms with Gasteiger partial charge in [-0.15, -0.1) is 0 Å². The molecule has 260 valence electrons. The molecule has 0 amide bonds. The molecule has 0 N–H and O–H groups in total. The van der Waals surface area contributed by atoms with Crippen molar-refractivity contribution in [1.29, 1.82) is 0 Å². The van der Waals surface area contributed by atoms with E-state index in [-0.39, 0.29) is 0 Å². The van der Waals surface area contributed by atoms with Gasteiger partial charge in [0.25, 0.3) is 0 Å². The van der Waals surface area contributed by atoms with Gasteiger partial charge in [0.2, 0.25) is 0 Å². The third-order valence-electron chi connectivity index (χ3n) is 11.2. The molecule has 5 heteroatoms. The van der Waals surface area contributed by atoms with Gasteiger partial charge in [-0.25, -0.2) is 15.0 Å². The highest BCUT2D eigenvalue weighted by molar-refractivity contribution is 6.25. The monoisotopic (exact) mass is 714 g/mol. The Balaban J connectivity index is 1.14. The van der Waals surface area contributed by atoms with Gasteiger partial charge in [-0.2, -0.15) is 0 Å². The lowest BCUT2D eigenvalue weighted by Gasteiger charge is -2.13. The first-order valence-corrected chi connectivity index (χ1v) is 18.9.